The third-order valence-electron chi connectivity index (χ3n) is 3.07. The number of hydrogen-bond acceptors (Lipinski definition) is 7. The molecular formula is C12H21N2O7Pt-3. The van der Waals surface area contributed by atoms with Crippen molar-refractivity contribution in [3.63, 3.8) is 0 Å². The SMILES string of the molecule is O=[C-]OC(O)C(O)C(O)C(O)C=O.[NH-]C1CCCCC1[NH-].[Pt]. The molecule has 0 aromatic carbocycles. The molecule has 1 aliphatic rings. The minimum Gasteiger partial charge on any atom is -0.676 e. The molecule has 6 unspecified atom stereocenters. The molecule has 9 nitrogen and oxygen atoms in total. The Labute approximate surface area is 142 Å². The van der Waals surface area contributed by atoms with E-state index in [1.54, 1.807) is 0 Å². The Morgan fingerprint density at radius 1 is 1.05 bits per heavy atom. The van der Waals surface area contributed by atoms with E-state index in [2.05, 4.69) is 4.74 Å². The number of ether oxygens (including phenoxy) is 1. The molecule has 0 aromatic heterocycles. The zero-order valence-electron chi connectivity index (χ0n) is 11.7. The summed E-state index contributed by atoms with van der Waals surface area (Å²) in [5.41, 5.74) is 14.6. The predicted molar refractivity (Wildman–Crippen MR) is 71.6 cm³/mol. The summed E-state index contributed by atoms with van der Waals surface area (Å²) in [6, 6.07) is -0.160. The number of carbonyl (C=O) groups excluding carboxylic acids is 2. The molecule has 6 atom stereocenters. The Morgan fingerprint density at radius 2 is 1.50 bits per heavy atom. The van der Waals surface area contributed by atoms with Crippen LogP contribution in [0.4, 0.5) is 0 Å². The first-order chi connectivity index (χ1) is 9.84. The first-order valence-corrected chi connectivity index (χ1v) is 6.47. The van der Waals surface area contributed by atoms with Crippen LogP contribution in [0.3, 0.4) is 0 Å². The molecule has 10 heteroatoms. The number of hydrogen-bond donors (Lipinski definition) is 4. The Morgan fingerprint density at radius 3 is 1.82 bits per heavy atom. The molecule has 0 heterocycles. The maximum atomic E-state index is 9.91. The zero-order chi connectivity index (χ0) is 16.4. The van der Waals surface area contributed by atoms with Crippen LogP contribution in [0.5, 0.6) is 0 Å². The fraction of sp³-hybridized carbons (Fsp3) is 0.833. The van der Waals surface area contributed by atoms with Crippen molar-refractivity contribution in [1.82, 2.24) is 0 Å². The normalized spacial score (nSPS) is 26.1. The third kappa shape index (κ3) is 8.89. The average molecular weight is 500 g/mol. The maximum absolute atomic E-state index is 9.91. The second-order valence-corrected chi connectivity index (χ2v) is 4.70. The summed E-state index contributed by atoms with van der Waals surface area (Å²) in [4.78, 5) is 19.5. The standard InChI is InChI=1S/C6H12N2.C6H9O7.Pt/c7-5-3-1-2-4-6(5)8;7-1-3(9)4(10)5(11)6(12)13-2-8;/h5-8H,1-4H2;1,3-6,9-12H;/q-2;-1;. The molecule has 0 bridgehead atoms. The van der Waals surface area contributed by atoms with Crippen molar-refractivity contribution in [2.75, 3.05) is 0 Å². The van der Waals surface area contributed by atoms with Crippen LogP contribution in [0.25, 0.3) is 11.5 Å². The van der Waals surface area contributed by atoms with Gasteiger partial charge in [-0.25, -0.2) is 0 Å². The number of aldehydes is 1. The third-order valence-corrected chi connectivity index (χ3v) is 3.07. The zero-order valence-corrected chi connectivity index (χ0v) is 14.0. The smallest absolute Gasteiger partial charge is 0.193 e. The molecule has 0 saturated heterocycles. The van der Waals surface area contributed by atoms with Gasteiger partial charge in [-0.15, -0.1) is 0 Å². The molecule has 0 spiro atoms. The molecule has 1 aliphatic carbocycles. The number of rotatable bonds is 6. The fourth-order valence-electron chi connectivity index (χ4n) is 1.70. The van der Waals surface area contributed by atoms with Crippen molar-refractivity contribution < 1.29 is 55.8 Å². The second kappa shape index (κ2) is 13.1. The van der Waals surface area contributed by atoms with Crippen LogP contribution in [-0.2, 0) is 35.4 Å². The average Bonchev–Trinajstić information content (AvgIpc) is 2.48. The topological polar surface area (TPSA) is 172 Å². The molecule has 1 fully saturated rings. The Bertz CT molecular complexity index is 301. The fourth-order valence-corrected chi connectivity index (χ4v) is 1.70. The molecular weight excluding hydrogens is 479 g/mol. The van der Waals surface area contributed by atoms with Crippen molar-refractivity contribution >= 4 is 12.8 Å². The summed E-state index contributed by atoms with van der Waals surface area (Å²) >= 11 is 0. The van der Waals surface area contributed by atoms with Crippen molar-refractivity contribution in [3.05, 3.63) is 11.5 Å². The van der Waals surface area contributed by atoms with E-state index in [0.29, 0.717) is 0 Å². The van der Waals surface area contributed by atoms with Crippen molar-refractivity contribution in [2.24, 2.45) is 0 Å². The number of nitrogens with one attached hydrogen (secondary N) is 2. The van der Waals surface area contributed by atoms with E-state index in [-0.39, 0.29) is 39.4 Å². The van der Waals surface area contributed by atoms with Gasteiger partial charge in [-0.3, -0.25) is 0 Å². The molecule has 0 radical (unpaired) electrons. The summed E-state index contributed by atoms with van der Waals surface area (Å²) in [5.74, 6) is 0. The summed E-state index contributed by atoms with van der Waals surface area (Å²) in [7, 11) is 0. The number of aliphatic hydroxyl groups is 4. The summed E-state index contributed by atoms with van der Waals surface area (Å²) in [6.45, 7) is 0.819. The van der Waals surface area contributed by atoms with Gasteiger partial charge in [0.1, 0.15) is 18.3 Å². The van der Waals surface area contributed by atoms with Crippen LogP contribution in [-0.4, -0.2) is 69.9 Å². The molecule has 6 N–H and O–H groups in total. The van der Waals surface area contributed by atoms with Gasteiger partial charge in [0.25, 0.3) is 0 Å². The molecule has 0 amide bonds. The summed E-state index contributed by atoms with van der Waals surface area (Å²) in [5, 5.41) is 35.2. The second-order valence-electron chi connectivity index (χ2n) is 4.70. The van der Waals surface area contributed by atoms with Crippen LogP contribution < -0.4 is 0 Å². The monoisotopic (exact) mass is 500 g/mol. The van der Waals surface area contributed by atoms with Gasteiger partial charge in [0, 0.05) is 21.1 Å². The van der Waals surface area contributed by atoms with E-state index in [9.17, 15) is 9.59 Å². The maximum Gasteiger partial charge on any atom is 0.193 e. The van der Waals surface area contributed by atoms with E-state index >= 15 is 0 Å². The van der Waals surface area contributed by atoms with E-state index in [1.807, 2.05) is 0 Å². The van der Waals surface area contributed by atoms with Crippen LogP contribution in [0.2, 0.25) is 0 Å². The quantitative estimate of drug-likeness (QED) is 0.207. The van der Waals surface area contributed by atoms with Crippen LogP contribution in [0, 0.1) is 0 Å². The molecule has 1 rings (SSSR count). The van der Waals surface area contributed by atoms with Gasteiger partial charge in [0.05, 0.1) is 0 Å². The largest absolute Gasteiger partial charge is 0.676 e. The number of aliphatic hydroxyl groups excluding tert-OH is 4. The molecule has 1 saturated carbocycles. The van der Waals surface area contributed by atoms with E-state index in [0.717, 1.165) is 19.3 Å². The Hall–Kier alpha value is -0.412. The van der Waals surface area contributed by atoms with Crippen LogP contribution in [0.15, 0.2) is 0 Å². The van der Waals surface area contributed by atoms with Crippen molar-refractivity contribution in [1.29, 1.82) is 0 Å². The van der Waals surface area contributed by atoms with Gasteiger partial charge in [-0.2, -0.15) is 12.1 Å². The van der Waals surface area contributed by atoms with Gasteiger partial charge < -0.3 is 46.2 Å². The predicted octanol–water partition coefficient (Wildman–Crippen LogP) is -0.930. The van der Waals surface area contributed by atoms with Gasteiger partial charge in [0.15, 0.2) is 12.6 Å². The number of carbonyl (C=O) groups is 1. The Kier molecular flexibility index (Phi) is 14.2. The van der Waals surface area contributed by atoms with E-state index in [4.69, 9.17) is 31.9 Å². The van der Waals surface area contributed by atoms with Crippen molar-refractivity contribution in [3.8, 4) is 0 Å². The molecule has 0 aromatic rings. The van der Waals surface area contributed by atoms with E-state index in [1.165, 1.54) is 12.8 Å². The Balaban J connectivity index is 0. The van der Waals surface area contributed by atoms with Gasteiger partial charge >= 0.3 is 0 Å². The van der Waals surface area contributed by atoms with Gasteiger partial charge in [0.2, 0.25) is 0 Å². The minimum absolute atomic E-state index is 0. The van der Waals surface area contributed by atoms with Gasteiger partial charge in [-0.05, 0) is 0 Å². The molecule has 22 heavy (non-hydrogen) atoms. The van der Waals surface area contributed by atoms with Crippen molar-refractivity contribution in [2.45, 2.75) is 62.4 Å². The molecule has 134 valence electrons. The summed E-state index contributed by atoms with van der Waals surface area (Å²) in [6.07, 6.45) is -3.59. The molecule has 0 aliphatic heterocycles. The van der Waals surface area contributed by atoms with Crippen LogP contribution in [0.1, 0.15) is 25.7 Å². The van der Waals surface area contributed by atoms with E-state index < -0.39 is 24.6 Å². The summed E-state index contributed by atoms with van der Waals surface area (Å²) < 4.78 is 3.73. The van der Waals surface area contributed by atoms with Gasteiger partial charge in [-0.1, -0.05) is 32.2 Å². The first kappa shape index (κ1) is 23.8. The minimum atomic E-state index is -2.04. The van der Waals surface area contributed by atoms with Crippen LogP contribution >= 0.6 is 0 Å². The first-order valence-electron chi connectivity index (χ1n) is 6.47.